The Kier molecular flexibility index (Phi) is 7.36. The van der Waals surface area contributed by atoms with Crippen LogP contribution in [0.5, 0.6) is 0 Å². The number of hydrogen-bond acceptors (Lipinski definition) is 6. The maximum absolute atomic E-state index is 13.0. The van der Waals surface area contributed by atoms with Gasteiger partial charge in [-0.2, -0.15) is 18.2 Å². The van der Waals surface area contributed by atoms with E-state index in [-0.39, 0.29) is 5.52 Å². The molecule has 5 rings (SSSR count). The predicted molar refractivity (Wildman–Crippen MR) is 131 cm³/mol. The Hall–Kier alpha value is -4.10. The second kappa shape index (κ2) is 10.5. The molecule has 0 unspecified atom stereocenters. The summed E-state index contributed by atoms with van der Waals surface area (Å²) in [7, 11) is 0. The zero-order chi connectivity index (χ0) is 26.7. The van der Waals surface area contributed by atoms with Crippen LogP contribution in [0, 0.1) is 0 Å². The molecule has 2 aromatic carbocycles. The van der Waals surface area contributed by atoms with Crippen LogP contribution < -0.4 is 21.5 Å². The number of hydrogen-bond donors (Lipinski definition) is 3. The fourth-order valence-corrected chi connectivity index (χ4v) is 4.04. The first kappa shape index (κ1) is 26.0. The number of para-hydroxylation sites is 2. The SMILES string of the molecule is O=C(O)C(F)(F)F.O=c1[nH]c(=O)n(-c2ccccc2)c2nc(N3CCNCC3)n(-c3ccccc3Cl)c12. The van der Waals surface area contributed by atoms with Gasteiger partial charge in [-0.25, -0.2) is 14.2 Å². The third-order valence-corrected chi connectivity index (χ3v) is 5.76. The number of alkyl halides is 3. The van der Waals surface area contributed by atoms with E-state index < -0.39 is 23.4 Å². The molecular formula is C23H20ClF3N6O4. The Morgan fingerprint density at radius 3 is 2.16 bits per heavy atom. The molecular weight excluding hydrogens is 517 g/mol. The molecule has 194 valence electrons. The zero-order valence-electron chi connectivity index (χ0n) is 19.0. The molecule has 0 radical (unpaired) electrons. The van der Waals surface area contributed by atoms with Gasteiger partial charge in [-0.1, -0.05) is 41.9 Å². The molecule has 10 nitrogen and oxygen atoms in total. The van der Waals surface area contributed by atoms with E-state index in [1.165, 1.54) is 4.57 Å². The number of aromatic nitrogens is 4. The minimum Gasteiger partial charge on any atom is -0.475 e. The number of anilines is 1. The number of aliphatic carboxylic acids is 1. The van der Waals surface area contributed by atoms with Crippen molar-refractivity contribution in [2.75, 3.05) is 31.1 Å². The van der Waals surface area contributed by atoms with E-state index in [4.69, 9.17) is 26.5 Å². The Balaban J connectivity index is 0.000000405. The number of carboxylic acid groups (broad SMARTS) is 1. The van der Waals surface area contributed by atoms with Crippen LogP contribution in [0.1, 0.15) is 0 Å². The standard InChI is InChI=1S/C21H19ClN6O2.C2HF3O2/c22-15-8-4-5-9-16(15)28-17-18(24-20(28)26-12-10-23-11-13-26)27(21(30)25-19(17)29)14-6-2-1-3-7-14;3-2(4,5)1(6)7/h1-9,23H,10-13H2,(H,25,29,30);(H,6,7). The van der Waals surface area contributed by atoms with E-state index in [0.29, 0.717) is 28.0 Å². The van der Waals surface area contributed by atoms with Gasteiger partial charge < -0.3 is 15.3 Å². The van der Waals surface area contributed by atoms with E-state index >= 15 is 0 Å². The van der Waals surface area contributed by atoms with E-state index in [0.717, 1.165) is 26.2 Å². The first-order valence-corrected chi connectivity index (χ1v) is 11.3. The number of nitrogens with zero attached hydrogens (tertiary/aromatic N) is 4. The van der Waals surface area contributed by atoms with Gasteiger partial charge in [0.1, 0.15) is 0 Å². The number of halogens is 4. The van der Waals surface area contributed by atoms with Gasteiger partial charge in [0, 0.05) is 26.2 Å². The van der Waals surface area contributed by atoms with Crippen LogP contribution in [0.2, 0.25) is 5.02 Å². The molecule has 1 fully saturated rings. The van der Waals surface area contributed by atoms with Crippen LogP contribution >= 0.6 is 11.6 Å². The maximum Gasteiger partial charge on any atom is 0.490 e. The number of carbonyl (C=O) groups is 1. The van der Waals surface area contributed by atoms with Crippen molar-refractivity contribution in [3.63, 3.8) is 0 Å². The average molecular weight is 537 g/mol. The number of fused-ring (bicyclic) bond motifs is 1. The summed E-state index contributed by atoms with van der Waals surface area (Å²) >= 11 is 6.51. The number of benzene rings is 2. The molecule has 0 spiro atoms. The summed E-state index contributed by atoms with van der Waals surface area (Å²) in [5.41, 5.74) is 0.798. The highest BCUT2D eigenvalue weighted by Gasteiger charge is 2.38. The molecule has 3 heterocycles. The summed E-state index contributed by atoms with van der Waals surface area (Å²) in [5.74, 6) is -2.17. The molecule has 0 aliphatic carbocycles. The Labute approximate surface area is 211 Å². The van der Waals surface area contributed by atoms with Crippen LogP contribution in [-0.2, 0) is 4.79 Å². The van der Waals surface area contributed by atoms with Crippen molar-refractivity contribution in [2.45, 2.75) is 6.18 Å². The lowest BCUT2D eigenvalue weighted by Crippen LogP contribution is -2.44. The Morgan fingerprint density at radius 2 is 1.57 bits per heavy atom. The molecule has 1 aliphatic heterocycles. The van der Waals surface area contributed by atoms with E-state index in [9.17, 15) is 22.8 Å². The monoisotopic (exact) mass is 536 g/mol. The van der Waals surface area contributed by atoms with E-state index in [2.05, 4.69) is 15.2 Å². The lowest BCUT2D eigenvalue weighted by molar-refractivity contribution is -0.192. The van der Waals surface area contributed by atoms with Crippen molar-refractivity contribution in [3.05, 3.63) is 80.5 Å². The zero-order valence-corrected chi connectivity index (χ0v) is 19.8. The molecule has 0 saturated carbocycles. The normalized spacial score (nSPS) is 13.8. The molecule has 37 heavy (non-hydrogen) atoms. The molecule has 0 atom stereocenters. The van der Waals surface area contributed by atoms with Crippen LogP contribution in [0.3, 0.4) is 0 Å². The summed E-state index contributed by atoms with van der Waals surface area (Å²) in [6.07, 6.45) is -5.08. The molecule has 3 N–H and O–H groups in total. The Morgan fingerprint density at radius 1 is 0.973 bits per heavy atom. The van der Waals surface area contributed by atoms with E-state index in [1.807, 2.05) is 36.4 Å². The summed E-state index contributed by atoms with van der Waals surface area (Å²) in [6.45, 7) is 3.05. The second-order valence-corrected chi connectivity index (χ2v) is 8.25. The molecule has 2 aromatic heterocycles. The third kappa shape index (κ3) is 5.37. The smallest absolute Gasteiger partial charge is 0.475 e. The van der Waals surface area contributed by atoms with Crippen LogP contribution in [0.25, 0.3) is 22.5 Å². The quantitative estimate of drug-likeness (QED) is 0.367. The molecule has 4 aromatic rings. The largest absolute Gasteiger partial charge is 0.490 e. The second-order valence-electron chi connectivity index (χ2n) is 7.84. The van der Waals surface area contributed by atoms with Gasteiger partial charge in [0.15, 0.2) is 11.2 Å². The predicted octanol–water partition coefficient (Wildman–Crippen LogP) is 2.56. The van der Waals surface area contributed by atoms with Gasteiger partial charge in [-0.3, -0.25) is 14.3 Å². The van der Waals surface area contributed by atoms with Gasteiger partial charge in [0.25, 0.3) is 5.56 Å². The van der Waals surface area contributed by atoms with Gasteiger partial charge in [0.2, 0.25) is 5.95 Å². The van der Waals surface area contributed by atoms with Crippen molar-refractivity contribution in [1.29, 1.82) is 0 Å². The summed E-state index contributed by atoms with van der Waals surface area (Å²) in [4.78, 5) is 44.0. The first-order valence-electron chi connectivity index (χ1n) is 10.9. The van der Waals surface area contributed by atoms with Gasteiger partial charge in [-0.15, -0.1) is 0 Å². The fraction of sp³-hybridized carbons (Fsp3) is 0.217. The van der Waals surface area contributed by atoms with Crippen molar-refractivity contribution in [1.82, 2.24) is 24.4 Å². The van der Waals surface area contributed by atoms with Gasteiger partial charge >= 0.3 is 17.8 Å². The summed E-state index contributed by atoms with van der Waals surface area (Å²) in [5, 5.41) is 10.9. The molecule has 0 bridgehead atoms. The highest BCUT2D eigenvalue weighted by Crippen LogP contribution is 2.30. The highest BCUT2D eigenvalue weighted by atomic mass is 35.5. The first-order chi connectivity index (χ1) is 17.6. The van der Waals surface area contributed by atoms with Crippen molar-refractivity contribution in [2.24, 2.45) is 0 Å². The van der Waals surface area contributed by atoms with Crippen molar-refractivity contribution in [3.8, 4) is 11.4 Å². The maximum atomic E-state index is 13.0. The molecule has 0 amide bonds. The topological polar surface area (TPSA) is 125 Å². The van der Waals surface area contributed by atoms with Gasteiger partial charge in [-0.05, 0) is 24.3 Å². The minimum atomic E-state index is -5.08. The number of piperazine rings is 1. The lowest BCUT2D eigenvalue weighted by atomic mass is 10.3. The number of imidazole rings is 1. The van der Waals surface area contributed by atoms with Gasteiger partial charge in [0.05, 0.1) is 16.4 Å². The van der Waals surface area contributed by atoms with Crippen LogP contribution in [0.4, 0.5) is 19.1 Å². The number of rotatable bonds is 3. The number of aromatic amines is 1. The Bertz CT molecular complexity index is 1540. The molecule has 14 heteroatoms. The number of H-pyrrole nitrogens is 1. The summed E-state index contributed by atoms with van der Waals surface area (Å²) < 4.78 is 34.9. The van der Waals surface area contributed by atoms with Crippen molar-refractivity contribution < 1.29 is 23.1 Å². The highest BCUT2D eigenvalue weighted by molar-refractivity contribution is 6.32. The third-order valence-electron chi connectivity index (χ3n) is 5.44. The van der Waals surface area contributed by atoms with Crippen LogP contribution in [0.15, 0.2) is 64.2 Å². The van der Waals surface area contributed by atoms with Crippen molar-refractivity contribution >= 4 is 34.7 Å². The molecule has 1 aliphatic rings. The number of nitrogens with one attached hydrogen (secondary N) is 2. The fourth-order valence-electron chi connectivity index (χ4n) is 3.82. The lowest BCUT2D eigenvalue weighted by Gasteiger charge is -2.28. The van der Waals surface area contributed by atoms with Crippen LogP contribution in [-0.4, -0.2) is 62.5 Å². The number of carboxylic acids is 1. The van der Waals surface area contributed by atoms with E-state index in [1.54, 1.807) is 22.8 Å². The average Bonchev–Trinajstić information content (AvgIpc) is 3.26. The summed E-state index contributed by atoms with van der Waals surface area (Å²) in [6, 6.07) is 16.4. The molecule has 1 saturated heterocycles. The minimum absolute atomic E-state index is 0.278.